The molecule has 24 heavy (non-hydrogen) atoms. The minimum atomic E-state index is -0.390. The Kier molecular flexibility index (Phi) is 3.51. The van der Waals surface area contributed by atoms with E-state index in [2.05, 4.69) is 15.1 Å². The molecule has 5 nitrogen and oxygen atoms in total. The van der Waals surface area contributed by atoms with E-state index in [1.807, 2.05) is 24.3 Å². The van der Waals surface area contributed by atoms with E-state index < -0.39 is 0 Å². The molecule has 3 heterocycles. The van der Waals surface area contributed by atoms with Gasteiger partial charge >= 0.3 is 0 Å². The molecule has 0 fully saturated rings. The van der Waals surface area contributed by atoms with E-state index in [9.17, 15) is 4.39 Å². The van der Waals surface area contributed by atoms with Gasteiger partial charge in [0.25, 0.3) is 0 Å². The predicted octanol–water partition coefficient (Wildman–Crippen LogP) is 2.98. The number of nitrogens with two attached hydrogens (primary N) is 1. The van der Waals surface area contributed by atoms with E-state index in [1.54, 1.807) is 35.4 Å². The molecule has 2 N–H and O–H groups in total. The van der Waals surface area contributed by atoms with E-state index in [1.165, 1.54) is 12.1 Å². The van der Waals surface area contributed by atoms with Crippen molar-refractivity contribution in [3.05, 3.63) is 84.3 Å². The molecule has 0 aliphatic carbocycles. The van der Waals surface area contributed by atoms with E-state index in [-0.39, 0.29) is 11.9 Å². The summed E-state index contributed by atoms with van der Waals surface area (Å²) in [7, 11) is 0. The van der Waals surface area contributed by atoms with Gasteiger partial charge in [0.05, 0.1) is 17.9 Å². The second-order valence-electron chi connectivity index (χ2n) is 5.45. The van der Waals surface area contributed by atoms with Gasteiger partial charge in [-0.05, 0) is 35.4 Å². The van der Waals surface area contributed by atoms with Crippen molar-refractivity contribution in [1.29, 1.82) is 0 Å². The van der Waals surface area contributed by atoms with Crippen molar-refractivity contribution >= 4 is 5.65 Å². The number of pyridine rings is 1. The van der Waals surface area contributed by atoms with Gasteiger partial charge < -0.3 is 5.73 Å². The molecule has 0 amide bonds. The normalized spacial score (nSPS) is 12.4. The Balaban J connectivity index is 1.82. The minimum Gasteiger partial charge on any atom is -0.319 e. The minimum absolute atomic E-state index is 0.296. The van der Waals surface area contributed by atoms with Crippen molar-refractivity contribution < 1.29 is 4.39 Å². The highest BCUT2D eigenvalue weighted by Gasteiger charge is 2.14. The molecule has 4 rings (SSSR count). The molecule has 0 radical (unpaired) electrons. The number of hydrogen-bond acceptors (Lipinski definition) is 4. The first-order valence-corrected chi connectivity index (χ1v) is 7.48. The lowest BCUT2D eigenvalue weighted by Crippen LogP contribution is -2.14. The topological polar surface area (TPSA) is 69.1 Å². The van der Waals surface area contributed by atoms with Crippen LogP contribution in [0.4, 0.5) is 4.39 Å². The number of rotatable bonds is 3. The molecule has 3 aromatic heterocycles. The molecule has 1 aromatic carbocycles. The molecule has 1 unspecified atom stereocenters. The first kappa shape index (κ1) is 14.5. The van der Waals surface area contributed by atoms with Gasteiger partial charge in [-0.15, -0.1) is 0 Å². The fraction of sp³-hybridized carbons (Fsp3) is 0.0556. The SMILES string of the molecule is NC(c1cccnc1)c1ccn2ncc(-c3cccc(F)c3)c2n1. The van der Waals surface area contributed by atoms with Crippen LogP contribution in [-0.4, -0.2) is 19.6 Å². The molecule has 1 atom stereocenters. The number of hydrogen-bond donors (Lipinski definition) is 1. The summed E-state index contributed by atoms with van der Waals surface area (Å²) in [5, 5.41) is 4.28. The summed E-state index contributed by atoms with van der Waals surface area (Å²) in [6.07, 6.45) is 6.90. The summed E-state index contributed by atoms with van der Waals surface area (Å²) in [5.74, 6) is -0.296. The lowest BCUT2D eigenvalue weighted by molar-refractivity contribution is 0.628. The Bertz CT molecular complexity index is 997. The molecular formula is C18H14FN5. The second-order valence-corrected chi connectivity index (χ2v) is 5.45. The number of benzene rings is 1. The van der Waals surface area contributed by atoms with E-state index in [0.717, 1.165) is 16.7 Å². The molecule has 118 valence electrons. The summed E-state index contributed by atoms with van der Waals surface area (Å²) in [5.41, 5.74) is 10.00. The van der Waals surface area contributed by atoms with Crippen molar-refractivity contribution in [2.24, 2.45) is 5.73 Å². The predicted molar refractivity (Wildman–Crippen MR) is 88.6 cm³/mol. The van der Waals surface area contributed by atoms with Gasteiger partial charge in [0.2, 0.25) is 0 Å². The maximum Gasteiger partial charge on any atom is 0.163 e. The molecule has 0 spiro atoms. The van der Waals surface area contributed by atoms with E-state index >= 15 is 0 Å². The van der Waals surface area contributed by atoms with Gasteiger partial charge in [-0.25, -0.2) is 13.9 Å². The van der Waals surface area contributed by atoms with Crippen molar-refractivity contribution in [3.8, 4) is 11.1 Å². The third-order valence-corrected chi connectivity index (χ3v) is 3.89. The van der Waals surface area contributed by atoms with Crippen molar-refractivity contribution in [2.75, 3.05) is 0 Å². The molecule has 4 aromatic rings. The summed E-state index contributed by atoms with van der Waals surface area (Å²) in [4.78, 5) is 8.73. The van der Waals surface area contributed by atoms with Crippen LogP contribution in [0.3, 0.4) is 0 Å². The maximum atomic E-state index is 13.5. The zero-order valence-corrected chi connectivity index (χ0v) is 12.7. The van der Waals surface area contributed by atoms with Crippen LogP contribution < -0.4 is 5.73 Å². The first-order valence-electron chi connectivity index (χ1n) is 7.48. The first-order chi connectivity index (χ1) is 11.7. The van der Waals surface area contributed by atoms with Crippen LogP contribution in [0, 0.1) is 5.82 Å². The van der Waals surface area contributed by atoms with Crippen molar-refractivity contribution in [2.45, 2.75) is 6.04 Å². The van der Waals surface area contributed by atoms with Gasteiger partial charge in [0, 0.05) is 24.2 Å². The third-order valence-electron chi connectivity index (χ3n) is 3.89. The van der Waals surface area contributed by atoms with Crippen LogP contribution in [0.25, 0.3) is 16.8 Å². The third kappa shape index (κ3) is 2.53. The number of aromatic nitrogens is 4. The summed E-state index contributed by atoms with van der Waals surface area (Å²) >= 11 is 0. The van der Waals surface area contributed by atoms with Crippen LogP contribution in [0.15, 0.2) is 67.3 Å². The number of halogens is 1. The Labute approximate surface area is 137 Å². The Hall–Kier alpha value is -3.12. The highest BCUT2D eigenvalue weighted by Crippen LogP contribution is 2.25. The quantitative estimate of drug-likeness (QED) is 0.630. The zero-order valence-electron chi connectivity index (χ0n) is 12.7. The fourth-order valence-electron chi connectivity index (χ4n) is 2.65. The summed E-state index contributed by atoms with van der Waals surface area (Å²) in [6, 6.07) is 11.6. The Morgan fingerprint density at radius 1 is 1.08 bits per heavy atom. The van der Waals surface area contributed by atoms with Crippen molar-refractivity contribution in [3.63, 3.8) is 0 Å². The molecule has 6 heteroatoms. The van der Waals surface area contributed by atoms with Crippen LogP contribution in [0.2, 0.25) is 0 Å². The monoisotopic (exact) mass is 319 g/mol. The molecule has 0 saturated heterocycles. The van der Waals surface area contributed by atoms with Gasteiger partial charge in [0.1, 0.15) is 5.82 Å². The van der Waals surface area contributed by atoms with Crippen molar-refractivity contribution in [1.82, 2.24) is 19.6 Å². The molecule has 0 bridgehead atoms. The lowest BCUT2D eigenvalue weighted by atomic mass is 10.1. The van der Waals surface area contributed by atoms with E-state index in [0.29, 0.717) is 11.3 Å². The van der Waals surface area contributed by atoms with Crippen LogP contribution in [-0.2, 0) is 0 Å². The zero-order chi connectivity index (χ0) is 16.5. The number of fused-ring (bicyclic) bond motifs is 1. The standard InChI is InChI=1S/C18H14FN5/c19-14-5-1-3-12(9-14)15-11-22-24-8-6-16(23-18(15)24)17(20)13-4-2-7-21-10-13/h1-11,17H,20H2. The average molecular weight is 319 g/mol. The highest BCUT2D eigenvalue weighted by atomic mass is 19.1. The molecule has 0 aliphatic rings. The van der Waals surface area contributed by atoms with E-state index in [4.69, 9.17) is 5.73 Å². The smallest absolute Gasteiger partial charge is 0.163 e. The average Bonchev–Trinajstić information content (AvgIpc) is 3.05. The Morgan fingerprint density at radius 2 is 2.00 bits per heavy atom. The second kappa shape index (κ2) is 5.82. The molecular weight excluding hydrogens is 305 g/mol. The fourth-order valence-corrected chi connectivity index (χ4v) is 2.65. The van der Waals surface area contributed by atoms with Gasteiger partial charge in [-0.2, -0.15) is 5.10 Å². The molecule has 0 saturated carbocycles. The Morgan fingerprint density at radius 3 is 2.79 bits per heavy atom. The van der Waals surface area contributed by atoms with Crippen LogP contribution >= 0.6 is 0 Å². The van der Waals surface area contributed by atoms with Crippen LogP contribution in [0.5, 0.6) is 0 Å². The highest BCUT2D eigenvalue weighted by molar-refractivity contribution is 5.76. The van der Waals surface area contributed by atoms with Gasteiger partial charge in [-0.3, -0.25) is 4.98 Å². The van der Waals surface area contributed by atoms with Gasteiger partial charge in [0.15, 0.2) is 5.65 Å². The maximum absolute atomic E-state index is 13.5. The largest absolute Gasteiger partial charge is 0.319 e. The molecule has 0 aliphatic heterocycles. The van der Waals surface area contributed by atoms with Gasteiger partial charge in [-0.1, -0.05) is 18.2 Å². The lowest BCUT2D eigenvalue weighted by Gasteiger charge is -2.11. The number of nitrogens with zero attached hydrogens (tertiary/aromatic N) is 4. The van der Waals surface area contributed by atoms with Crippen LogP contribution in [0.1, 0.15) is 17.3 Å². The summed E-state index contributed by atoms with van der Waals surface area (Å²) in [6.45, 7) is 0. The summed E-state index contributed by atoms with van der Waals surface area (Å²) < 4.78 is 15.2.